The second kappa shape index (κ2) is 7.58. The Kier molecular flexibility index (Phi) is 5.77. The lowest BCUT2D eigenvalue weighted by Gasteiger charge is -2.17. The molecule has 0 radical (unpaired) electrons. The van der Waals surface area contributed by atoms with Crippen LogP contribution in [0.25, 0.3) is 0 Å². The zero-order valence-electron chi connectivity index (χ0n) is 12.5. The van der Waals surface area contributed by atoms with Gasteiger partial charge in [-0.2, -0.15) is 0 Å². The third-order valence-corrected chi connectivity index (χ3v) is 3.90. The van der Waals surface area contributed by atoms with Gasteiger partial charge in [-0.1, -0.05) is 47.5 Å². The molecule has 1 atom stereocenters. The van der Waals surface area contributed by atoms with Crippen molar-refractivity contribution < 1.29 is 4.39 Å². The average Bonchev–Trinajstić information content (AvgIpc) is 2.44. The van der Waals surface area contributed by atoms with E-state index in [2.05, 4.69) is 36.5 Å². The van der Waals surface area contributed by atoms with Crippen LogP contribution in [0.1, 0.15) is 16.7 Å². The van der Waals surface area contributed by atoms with Crippen molar-refractivity contribution in [3.8, 4) is 0 Å². The lowest BCUT2D eigenvalue weighted by Crippen LogP contribution is -2.23. The molecule has 1 nitrogen and oxygen atoms in total. The fourth-order valence-corrected chi connectivity index (χ4v) is 2.72. The molecule has 0 aliphatic carbocycles. The van der Waals surface area contributed by atoms with Crippen LogP contribution in [-0.4, -0.2) is 13.6 Å². The lowest BCUT2D eigenvalue weighted by molar-refractivity contribution is 0.480. The van der Waals surface area contributed by atoms with Crippen LogP contribution < -0.4 is 5.32 Å². The molecule has 0 spiro atoms. The molecule has 2 aromatic rings. The van der Waals surface area contributed by atoms with Crippen LogP contribution in [0.2, 0.25) is 5.02 Å². The maximum absolute atomic E-state index is 13.9. The topological polar surface area (TPSA) is 12.0 Å². The van der Waals surface area contributed by atoms with Gasteiger partial charge in [0.1, 0.15) is 5.82 Å². The molecule has 0 aliphatic heterocycles. The summed E-state index contributed by atoms with van der Waals surface area (Å²) in [4.78, 5) is 0. The number of hydrogen-bond acceptors (Lipinski definition) is 1. The first kappa shape index (κ1) is 16.0. The highest BCUT2D eigenvalue weighted by molar-refractivity contribution is 6.30. The summed E-state index contributed by atoms with van der Waals surface area (Å²) in [6.07, 6.45) is 1.64. The quantitative estimate of drug-likeness (QED) is 0.833. The molecule has 2 aromatic carbocycles. The van der Waals surface area contributed by atoms with Gasteiger partial charge >= 0.3 is 0 Å². The van der Waals surface area contributed by atoms with Crippen LogP contribution in [0, 0.1) is 18.7 Å². The Hall–Kier alpha value is -1.38. The van der Waals surface area contributed by atoms with E-state index in [-0.39, 0.29) is 5.82 Å². The molecule has 0 saturated carbocycles. The van der Waals surface area contributed by atoms with Crippen LogP contribution in [0.5, 0.6) is 0 Å². The standard InChI is InChI=1S/C18H21ClFN/c1-13-3-5-14(6-4-13)9-15(12-21-2)10-16-7-8-17(19)11-18(16)20/h3-8,11,15,21H,9-10,12H2,1-2H3. The number of benzene rings is 2. The van der Waals surface area contributed by atoms with E-state index in [1.54, 1.807) is 12.1 Å². The van der Waals surface area contributed by atoms with Crippen molar-refractivity contribution in [1.29, 1.82) is 0 Å². The minimum Gasteiger partial charge on any atom is -0.319 e. The van der Waals surface area contributed by atoms with Crippen LogP contribution in [0.4, 0.5) is 4.39 Å². The molecule has 0 fully saturated rings. The van der Waals surface area contributed by atoms with Crippen molar-refractivity contribution in [2.45, 2.75) is 19.8 Å². The zero-order valence-corrected chi connectivity index (χ0v) is 13.3. The molecule has 21 heavy (non-hydrogen) atoms. The van der Waals surface area contributed by atoms with E-state index >= 15 is 0 Å². The van der Waals surface area contributed by atoms with Gasteiger partial charge in [-0.15, -0.1) is 0 Å². The van der Waals surface area contributed by atoms with Gasteiger partial charge in [-0.05, 0) is 62.5 Å². The van der Waals surface area contributed by atoms with Crippen molar-refractivity contribution in [1.82, 2.24) is 5.32 Å². The summed E-state index contributed by atoms with van der Waals surface area (Å²) in [5.74, 6) is 0.140. The van der Waals surface area contributed by atoms with Crippen LogP contribution >= 0.6 is 11.6 Å². The van der Waals surface area contributed by atoms with E-state index < -0.39 is 0 Å². The van der Waals surface area contributed by atoms with Gasteiger partial charge in [0.05, 0.1) is 0 Å². The van der Waals surface area contributed by atoms with E-state index in [9.17, 15) is 4.39 Å². The Morgan fingerprint density at radius 1 is 1.10 bits per heavy atom. The Morgan fingerprint density at radius 2 is 1.81 bits per heavy atom. The van der Waals surface area contributed by atoms with E-state index in [1.807, 2.05) is 7.05 Å². The molecular weight excluding hydrogens is 285 g/mol. The second-order valence-corrected chi connectivity index (χ2v) is 5.99. The number of aryl methyl sites for hydroxylation is 1. The monoisotopic (exact) mass is 305 g/mol. The van der Waals surface area contributed by atoms with Crippen molar-refractivity contribution in [3.05, 3.63) is 70.0 Å². The fraction of sp³-hybridized carbons (Fsp3) is 0.333. The Balaban J connectivity index is 2.09. The van der Waals surface area contributed by atoms with Gasteiger partial charge in [-0.3, -0.25) is 0 Å². The van der Waals surface area contributed by atoms with Crippen molar-refractivity contribution in [2.75, 3.05) is 13.6 Å². The summed E-state index contributed by atoms with van der Waals surface area (Å²) in [5, 5.41) is 3.65. The van der Waals surface area contributed by atoms with Gasteiger partial charge in [0.2, 0.25) is 0 Å². The highest BCUT2D eigenvalue weighted by Gasteiger charge is 2.13. The molecule has 0 bridgehead atoms. The van der Waals surface area contributed by atoms with E-state index in [0.29, 0.717) is 17.4 Å². The summed E-state index contributed by atoms with van der Waals surface area (Å²) in [7, 11) is 1.93. The van der Waals surface area contributed by atoms with Crippen molar-refractivity contribution in [2.24, 2.45) is 5.92 Å². The molecule has 1 unspecified atom stereocenters. The summed E-state index contributed by atoms with van der Waals surface area (Å²) < 4.78 is 13.9. The van der Waals surface area contributed by atoms with Gasteiger partial charge in [0.15, 0.2) is 0 Å². The smallest absolute Gasteiger partial charge is 0.127 e. The molecule has 0 aliphatic rings. The SMILES string of the molecule is CNCC(Cc1ccc(C)cc1)Cc1ccc(Cl)cc1F. The molecule has 0 heterocycles. The normalized spacial score (nSPS) is 12.4. The Bertz CT molecular complexity index is 580. The van der Waals surface area contributed by atoms with E-state index in [0.717, 1.165) is 18.5 Å². The highest BCUT2D eigenvalue weighted by atomic mass is 35.5. The van der Waals surface area contributed by atoms with Gasteiger partial charge in [0.25, 0.3) is 0 Å². The van der Waals surface area contributed by atoms with Crippen LogP contribution in [0.15, 0.2) is 42.5 Å². The van der Waals surface area contributed by atoms with E-state index in [4.69, 9.17) is 11.6 Å². The summed E-state index contributed by atoms with van der Waals surface area (Å²) in [6, 6.07) is 13.5. The van der Waals surface area contributed by atoms with Crippen LogP contribution in [0.3, 0.4) is 0 Å². The molecular formula is C18H21ClFN. The fourth-order valence-electron chi connectivity index (χ4n) is 2.56. The second-order valence-electron chi connectivity index (χ2n) is 5.55. The third kappa shape index (κ3) is 4.83. The summed E-state index contributed by atoms with van der Waals surface area (Å²) >= 11 is 5.81. The predicted molar refractivity (Wildman–Crippen MR) is 87.4 cm³/mol. The number of rotatable bonds is 6. The molecule has 1 N–H and O–H groups in total. The highest BCUT2D eigenvalue weighted by Crippen LogP contribution is 2.20. The molecule has 112 valence electrons. The minimum atomic E-state index is -0.215. The van der Waals surface area contributed by atoms with Gasteiger partial charge in [-0.25, -0.2) is 4.39 Å². The number of halogens is 2. The predicted octanol–water partition coefficient (Wildman–Crippen LogP) is 4.41. The van der Waals surface area contributed by atoms with Crippen LogP contribution in [-0.2, 0) is 12.8 Å². The van der Waals surface area contributed by atoms with Crippen molar-refractivity contribution >= 4 is 11.6 Å². The Morgan fingerprint density at radius 3 is 2.43 bits per heavy atom. The number of hydrogen-bond donors (Lipinski definition) is 1. The molecule has 0 aromatic heterocycles. The molecule has 0 saturated heterocycles. The van der Waals surface area contributed by atoms with E-state index in [1.165, 1.54) is 17.2 Å². The minimum absolute atomic E-state index is 0.215. The van der Waals surface area contributed by atoms with Crippen molar-refractivity contribution in [3.63, 3.8) is 0 Å². The lowest BCUT2D eigenvalue weighted by atomic mass is 9.92. The molecule has 3 heteroatoms. The largest absolute Gasteiger partial charge is 0.319 e. The Labute approximate surface area is 131 Å². The average molecular weight is 306 g/mol. The van der Waals surface area contributed by atoms with Gasteiger partial charge < -0.3 is 5.32 Å². The van der Waals surface area contributed by atoms with Gasteiger partial charge in [0, 0.05) is 5.02 Å². The maximum Gasteiger partial charge on any atom is 0.127 e. The summed E-state index contributed by atoms with van der Waals surface area (Å²) in [5.41, 5.74) is 3.27. The molecule has 2 rings (SSSR count). The molecule has 0 amide bonds. The first-order chi connectivity index (χ1) is 10.1. The first-order valence-corrected chi connectivity index (χ1v) is 7.60. The maximum atomic E-state index is 13.9. The first-order valence-electron chi connectivity index (χ1n) is 7.22. The third-order valence-electron chi connectivity index (χ3n) is 3.66. The summed E-state index contributed by atoms with van der Waals surface area (Å²) in [6.45, 7) is 2.94. The zero-order chi connectivity index (χ0) is 15.2. The number of nitrogens with one attached hydrogen (secondary N) is 1.